The standard InChI is InChI=1S/C79H154O17P2/c1-69(2)55-47-39-31-24-18-14-10-9-11-16-20-28-36-45-53-61-78(83)95-74(65-89-76(81)59-51-43-35-27-23-22-26-33-41-49-57-71(5)6)67-93-97(85,86)91-63-73(80)64-92-98(87,88)94-68-75(66-90-77(82)60-52-44-38-30-34-42-50-58-72(7)8)96-79(84)62-54-46-37-29-21-17-13-12-15-19-25-32-40-48-56-70(3)4/h69-75,80H,9-68H2,1-8H3,(H,85,86)(H,87,88)/t73?,74-,75-/m1/s1. The number of hydrogen-bond acceptors (Lipinski definition) is 15. The first-order chi connectivity index (χ1) is 47.1. The van der Waals surface area contributed by atoms with Gasteiger partial charge in [0.2, 0.25) is 0 Å². The molecule has 0 aliphatic heterocycles. The number of phosphoric acid groups is 2. The Labute approximate surface area is 600 Å². The van der Waals surface area contributed by atoms with Crippen molar-refractivity contribution in [1.29, 1.82) is 0 Å². The molecule has 0 saturated carbocycles. The van der Waals surface area contributed by atoms with Gasteiger partial charge in [-0.15, -0.1) is 0 Å². The van der Waals surface area contributed by atoms with Gasteiger partial charge < -0.3 is 33.8 Å². The fraction of sp³-hybridized carbons (Fsp3) is 0.949. The summed E-state index contributed by atoms with van der Waals surface area (Å²) < 4.78 is 68.6. The van der Waals surface area contributed by atoms with Crippen LogP contribution in [0.4, 0.5) is 0 Å². The lowest BCUT2D eigenvalue weighted by Gasteiger charge is -2.21. The third-order valence-electron chi connectivity index (χ3n) is 18.3. The Morgan fingerprint density at radius 1 is 0.255 bits per heavy atom. The van der Waals surface area contributed by atoms with Crippen LogP contribution in [-0.2, 0) is 65.4 Å². The number of aliphatic hydroxyl groups is 1. The number of aliphatic hydroxyl groups excluding tert-OH is 1. The molecule has 19 heteroatoms. The van der Waals surface area contributed by atoms with Crippen molar-refractivity contribution < 1.29 is 80.2 Å². The zero-order valence-corrected chi connectivity index (χ0v) is 66.2. The first-order valence-electron chi connectivity index (χ1n) is 40.7. The zero-order valence-electron chi connectivity index (χ0n) is 64.4. The van der Waals surface area contributed by atoms with Crippen LogP contribution in [0.3, 0.4) is 0 Å². The Kier molecular flexibility index (Phi) is 66.8. The summed E-state index contributed by atoms with van der Waals surface area (Å²) in [4.78, 5) is 72.9. The van der Waals surface area contributed by atoms with Gasteiger partial charge in [0.15, 0.2) is 12.2 Å². The average Bonchev–Trinajstić information content (AvgIpc) is 1.25. The highest BCUT2D eigenvalue weighted by molar-refractivity contribution is 7.47. The maximum Gasteiger partial charge on any atom is 0.472 e. The van der Waals surface area contributed by atoms with E-state index in [0.717, 1.165) is 114 Å². The van der Waals surface area contributed by atoms with Crippen molar-refractivity contribution in [3.05, 3.63) is 0 Å². The van der Waals surface area contributed by atoms with Crippen LogP contribution in [0.1, 0.15) is 402 Å². The quantitative estimate of drug-likeness (QED) is 0.0222. The van der Waals surface area contributed by atoms with Crippen molar-refractivity contribution in [2.45, 2.75) is 420 Å². The third kappa shape index (κ3) is 72.4. The van der Waals surface area contributed by atoms with Crippen LogP contribution in [-0.4, -0.2) is 96.7 Å². The predicted octanol–water partition coefficient (Wildman–Crippen LogP) is 23.2. The summed E-state index contributed by atoms with van der Waals surface area (Å²) in [5.41, 5.74) is 0. The second kappa shape index (κ2) is 68.2. The maximum atomic E-state index is 13.1. The molecule has 0 saturated heterocycles. The smallest absolute Gasteiger partial charge is 0.462 e. The Morgan fingerprint density at radius 2 is 0.429 bits per heavy atom. The fourth-order valence-corrected chi connectivity index (χ4v) is 13.7. The third-order valence-corrected chi connectivity index (χ3v) is 20.2. The summed E-state index contributed by atoms with van der Waals surface area (Å²) >= 11 is 0. The van der Waals surface area contributed by atoms with Gasteiger partial charge in [-0.25, -0.2) is 9.13 Å². The molecule has 0 aliphatic rings. The molecule has 98 heavy (non-hydrogen) atoms. The number of carbonyl (C=O) groups is 4. The van der Waals surface area contributed by atoms with Crippen LogP contribution in [0, 0.1) is 23.7 Å². The minimum absolute atomic E-state index is 0.106. The highest BCUT2D eigenvalue weighted by atomic mass is 31.2. The molecule has 0 amide bonds. The SMILES string of the molecule is CC(C)CCCCCCCCCCCCCCCCCC(=O)O[C@H](COC(=O)CCCCCCCCCCCCC(C)C)COP(=O)(O)OCC(O)COP(=O)(O)OC[C@@H](COC(=O)CCCCCCCCCC(C)C)OC(=O)CCCCCCCCCCCCCCCCC(C)C. The van der Waals surface area contributed by atoms with E-state index >= 15 is 0 Å². The van der Waals surface area contributed by atoms with Gasteiger partial charge in [0, 0.05) is 25.7 Å². The van der Waals surface area contributed by atoms with Gasteiger partial charge in [-0.3, -0.25) is 37.3 Å². The predicted molar refractivity (Wildman–Crippen MR) is 400 cm³/mol. The van der Waals surface area contributed by atoms with E-state index in [2.05, 4.69) is 55.4 Å². The van der Waals surface area contributed by atoms with Crippen LogP contribution in [0.25, 0.3) is 0 Å². The summed E-state index contributed by atoms with van der Waals surface area (Å²) in [6.07, 6.45) is 54.2. The molecule has 0 radical (unpaired) electrons. The minimum atomic E-state index is -4.96. The lowest BCUT2D eigenvalue weighted by atomic mass is 10.0. The Balaban J connectivity index is 5.24. The van der Waals surface area contributed by atoms with E-state index in [1.165, 1.54) is 199 Å². The monoisotopic (exact) mass is 1440 g/mol. The van der Waals surface area contributed by atoms with Crippen molar-refractivity contribution in [3.8, 4) is 0 Å². The summed E-state index contributed by atoms with van der Waals surface area (Å²) in [6.45, 7) is 14.2. The number of ether oxygens (including phenoxy) is 4. The number of hydrogen-bond donors (Lipinski definition) is 3. The largest absolute Gasteiger partial charge is 0.472 e. The number of phosphoric ester groups is 2. The maximum absolute atomic E-state index is 13.1. The molecule has 0 aromatic carbocycles. The summed E-state index contributed by atoms with van der Waals surface area (Å²) in [5, 5.41) is 10.6. The Hall–Kier alpha value is -1.94. The molecule has 3 N–H and O–H groups in total. The number of esters is 4. The van der Waals surface area contributed by atoms with E-state index in [1.807, 2.05) is 0 Å². The highest BCUT2D eigenvalue weighted by Crippen LogP contribution is 2.45. The van der Waals surface area contributed by atoms with Crippen LogP contribution in [0.5, 0.6) is 0 Å². The second-order valence-electron chi connectivity index (χ2n) is 30.4. The van der Waals surface area contributed by atoms with Gasteiger partial charge in [-0.2, -0.15) is 0 Å². The van der Waals surface area contributed by atoms with Gasteiger partial charge in [-0.1, -0.05) is 351 Å². The molecule has 3 unspecified atom stereocenters. The molecule has 17 nitrogen and oxygen atoms in total. The lowest BCUT2D eigenvalue weighted by molar-refractivity contribution is -0.161. The summed E-state index contributed by atoms with van der Waals surface area (Å²) in [5.74, 6) is 0.944. The normalized spacial score (nSPS) is 14.1. The molecule has 0 bridgehead atoms. The molecular weight excluding hydrogens is 1280 g/mol. The molecule has 0 spiro atoms. The van der Waals surface area contributed by atoms with Gasteiger partial charge in [0.25, 0.3) is 0 Å². The molecule has 0 fully saturated rings. The molecule has 0 aromatic rings. The molecule has 5 atom stereocenters. The molecule has 0 heterocycles. The van der Waals surface area contributed by atoms with E-state index in [9.17, 15) is 43.2 Å². The van der Waals surface area contributed by atoms with Crippen molar-refractivity contribution in [2.75, 3.05) is 39.6 Å². The van der Waals surface area contributed by atoms with E-state index in [0.29, 0.717) is 31.6 Å². The number of rotatable bonds is 76. The van der Waals surface area contributed by atoms with Crippen molar-refractivity contribution in [2.24, 2.45) is 23.7 Å². The Morgan fingerprint density at radius 3 is 0.633 bits per heavy atom. The van der Waals surface area contributed by atoms with Crippen molar-refractivity contribution >= 4 is 39.5 Å². The first-order valence-corrected chi connectivity index (χ1v) is 43.7. The molecule has 0 aromatic heterocycles. The minimum Gasteiger partial charge on any atom is -0.462 e. The number of carbonyl (C=O) groups excluding carboxylic acids is 4. The van der Waals surface area contributed by atoms with Crippen molar-refractivity contribution in [1.82, 2.24) is 0 Å². The van der Waals surface area contributed by atoms with Crippen LogP contribution < -0.4 is 0 Å². The first kappa shape index (κ1) is 96.1. The average molecular weight is 1440 g/mol. The van der Waals surface area contributed by atoms with E-state index in [-0.39, 0.29) is 25.7 Å². The molecule has 0 aliphatic carbocycles. The lowest BCUT2D eigenvalue weighted by Crippen LogP contribution is -2.30. The molecule has 0 rings (SSSR count). The second-order valence-corrected chi connectivity index (χ2v) is 33.3. The zero-order chi connectivity index (χ0) is 72.4. The topological polar surface area (TPSA) is 237 Å². The fourth-order valence-electron chi connectivity index (χ4n) is 12.1. The highest BCUT2D eigenvalue weighted by Gasteiger charge is 2.30. The van der Waals surface area contributed by atoms with Gasteiger partial charge >= 0.3 is 39.5 Å². The Bertz CT molecular complexity index is 1920. The van der Waals surface area contributed by atoms with Crippen LogP contribution in [0.15, 0.2) is 0 Å². The van der Waals surface area contributed by atoms with Gasteiger partial charge in [0.05, 0.1) is 26.4 Å². The van der Waals surface area contributed by atoms with Crippen molar-refractivity contribution in [3.63, 3.8) is 0 Å². The summed E-state index contributed by atoms with van der Waals surface area (Å²) in [7, 11) is -9.92. The summed E-state index contributed by atoms with van der Waals surface area (Å²) in [6, 6.07) is 0. The van der Waals surface area contributed by atoms with Crippen LogP contribution in [0.2, 0.25) is 0 Å². The van der Waals surface area contributed by atoms with E-state index in [1.54, 1.807) is 0 Å². The molecule has 582 valence electrons. The molecular formula is C79H154O17P2. The number of unbranched alkanes of at least 4 members (excludes halogenated alkanes) is 42. The van der Waals surface area contributed by atoms with E-state index in [4.69, 9.17) is 37.0 Å². The van der Waals surface area contributed by atoms with Gasteiger partial charge in [0.1, 0.15) is 19.3 Å². The van der Waals surface area contributed by atoms with E-state index < -0.39 is 97.5 Å². The van der Waals surface area contributed by atoms with Crippen LogP contribution >= 0.6 is 15.6 Å². The van der Waals surface area contributed by atoms with Gasteiger partial charge in [-0.05, 0) is 49.4 Å².